The van der Waals surface area contributed by atoms with E-state index in [2.05, 4.69) is 261 Å². The zero-order valence-corrected chi connectivity index (χ0v) is 62.3. The van der Waals surface area contributed by atoms with Crippen molar-refractivity contribution in [1.29, 1.82) is 0 Å². The molecule has 0 spiro atoms. The number of hydrogen-bond acceptors (Lipinski definition) is 12. The average molecular weight is 1500 g/mol. The molecule has 0 saturated heterocycles. The fourth-order valence-corrected chi connectivity index (χ4v) is 20.2. The molecule has 22 aromatic rings. The van der Waals surface area contributed by atoms with Gasteiger partial charge in [-0.3, -0.25) is 0 Å². The van der Waals surface area contributed by atoms with Gasteiger partial charge in [-0.25, -0.2) is 29.9 Å². The van der Waals surface area contributed by atoms with E-state index in [1.54, 1.807) is 22.7 Å². The molecule has 8 heterocycles. The maximum Gasteiger partial charge on any atom is 0.165 e. The van der Waals surface area contributed by atoms with Gasteiger partial charge < -0.3 is 18.0 Å². The smallest absolute Gasteiger partial charge is 0.165 e. The van der Waals surface area contributed by atoms with E-state index >= 15 is 0 Å². The first-order chi connectivity index (χ1) is 56.5. The third kappa shape index (κ3) is 10.2. The molecular formula is C102H58N6O4S2. The third-order valence-electron chi connectivity index (χ3n) is 22.9. The van der Waals surface area contributed by atoms with E-state index < -0.39 is 0 Å². The minimum atomic E-state index is -0.0555. The molecule has 15 aromatic carbocycles. The van der Waals surface area contributed by atoms with Crippen molar-refractivity contribution in [3.05, 3.63) is 362 Å². The summed E-state index contributed by atoms with van der Waals surface area (Å²) in [7, 11) is 0. The summed E-state index contributed by atoms with van der Waals surface area (Å²) >= 11 is 3.53. The minimum Gasteiger partial charge on any atom is -0.460 e. The lowest BCUT2D eigenvalue weighted by Gasteiger charge is -2.27. The van der Waals surface area contributed by atoms with E-state index in [1.165, 1.54) is 5.56 Å². The largest absolute Gasteiger partial charge is 0.460 e. The highest BCUT2D eigenvalue weighted by molar-refractivity contribution is 7.27. The van der Waals surface area contributed by atoms with Crippen LogP contribution in [0.15, 0.2) is 359 Å². The highest BCUT2D eigenvalue weighted by Crippen LogP contribution is 2.57. The molecule has 2 unspecified atom stereocenters. The van der Waals surface area contributed by atoms with Crippen LogP contribution >= 0.6 is 22.7 Å². The Morgan fingerprint density at radius 2 is 0.746 bits per heavy atom. The molecule has 0 radical (unpaired) electrons. The van der Waals surface area contributed by atoms with Gasteiger partial charge in [0.2, 0.25) is 0 Å². The molecule has 2 atom stereocenters. The molecule has 1 aliphatic heterocycles. The summed E-state index contributed by atoms with van der Waals surface area (Å²) in [6.45, 7) is 0. The first kappa shape index (κ1) is 64.3. The summed E-state index contributed by atoms with van der Waals surface area (Å²) in [5.41, 5.74) is 21.2. The van der Waals surface area contributed by atoms with Crippen molar-refractivity contribution in [1.82, 2.24) is 29.9 Å². The predicted molar refractivity (Wildman–Crippen MR) is 465 cm³/mol. The van der Waals surface area contributed by atoms with E-state index in [9.17, 15) is 0 Å². The summed E-state index contributed by atoms with van der Waals surface area (Å²) in [5, 5.41) is 11.0. The topological polar surface area (TPSA) is 126 Å². The molecule has 10 nitrogen and oxygen atoms in total. The Bertz CT molecular complexity index is 7790. The second kappa shape index (κ2) is 25.5. The zero-order chi connectivity index (χ0) is 74.6. The van der Waals surface area contributed by atoms with E-state index in [1.807, 2.05) is 78.9 Å². The van der Waals surface area contributed by atoms with Crippen molar-refractivity contribution in [3.63, 3.8) is 0 Å². The lowest BCUT2D eigenvalue weighted by Crippen LogP contribution is -2.15. The molecule has 1 aliphatic carbocycles. The highest BCUT2D eigenvalue weighted by atomic mass is 32.1. The monoisotopic (exact) mass is 1490 g/mol. The van der Waals surface area contributed by atoms with Crippen molar-refractivity contribution in [2.24, 2.45) is 0 Å². The predicted octanol–water partition coefficient (Wildman–Crippen LogP) is 27.7. The number of ether oxygens (including phenoxy) is 1. The average Bonchev–Trinajstić information content (AvgIpc) is 1.55. The third-order valence-corrected chi connectivity index (χ3v) is 25.4. The van der Waals surface area contributed by atoms with E-state index in [4.69, 9.17) is 47.9 Å². The number of aromatic nitrogens is 6. The minimum absolute atomic E-state index is 0.0201. The molecule has 24 rings (SSSR count). The van der Waals surface area contributed by atoms with Crippen LogP contribution in [0.3, 0.4) is 0 Å². The molecule has 0 bridgehead atoms. The Kier molecular flexibility index (Phi) is 14.4. The molecule has 0 amide bonds. The van der Waals surface area contributed by atoms with Gasteiger partial charge in [0.05, 0.1) is 5.92 Å². The van der Waals surface area contributed by atoms with Crippen LogP contribution in [0.25, 0.3) is 213 Å². The van der Waals surface area contributed by atoms with Gasteiger partial charge in [0.25, 0.3) is 0 Å². The van der Waals surface area contributed by atoms with Crippen LogP contribution in [-0.4, -0.2) is 29.9 Å². The van der Waals surface area contributed by atoms with E-state index in [0.717, 1.165) is 201 Å². The van der Waals surface area contributed by atoms with Crippen molar-refractivity contribution in [2.75, 3.05) is 0 Å². The van der Waals surface area contributed by atoms with Gasteiger partial charge in [-0.2, -0.15) is 0 Å². The SMILES string of the molecule is C1=CC(c2cccc3c2oc2ccccc23)C2C(=C1c1ccc3c(c1)sc1c(-c4nc(-c5ccccc5)nc(-c5ccc(-c6ccc(-c7nc(-c8ccccc8)nc(-c8ccccc8)n7)c7sc8c(-c9ccc(-c%10ccc%11c(c%10)oc%10ccccc%10%11)c%10oc%11ccccc%11c9%10)cccc8c67)cc5)n4)cccc13)Oc1ccccc12. The lowest BCUT2D eigenvalue weighted by atomic mass is 9.75. The molecule has 114 heavy (non-hydrogen) atoms. The summed E-state index contributed by atoms with van der Waals surface area (Å²) in [6, 6.07) is 115. The summed E-state index contributed by atoms with van der Waals surface area (Å²) in [5.74, 6) is 5.26. The van der Waals surface area contributed by atoms with Crippen LogP contribution in [0.4, 0.5) is 0 Å². The Morgan fingerprint density at radius 3 is 1.46 bits per heavy atom. The number of rotatable bonds is 11. The van der Waals surface area contributed by atoms with Crippen molar-refractivity contribution in [3.8, 4) is 107 Å². The Balaban J connectivity index is 0.637. The van der Waals surface area contributed by atoms with Crippen LogP contribution in [-0.2, 0) is 0 Å². The number of allylic oxidation sites excluding steroid dienone is 4. The number of para-hydroxylation sites is 5. The number of thiophene rings is 2. The van der Waals surface area contributed by atoms with Gasteiger partial charge in [0, 0.05) is 140 Å². The molecule has 7 aromatic heterocycles. The van der Waals surface area contributed by atoms with E-state index in [0.29, 0.717) is 34.9 Å². The van der Waals surface area contributed by atoms with Gasteiger partial charge in [0.15, 0.2) is 34.9 Å². The maximum absolute atomic E-state index is 7.01. The highest BCUT2D eigenvalue weighted by Gasteiger charge is 2.41. The summed E-state index contributed by atoms with van der Waals surface area (Å²) in [4.78, 5) is 32.0. The van der Waals surface area contributed by atoms with E-state index in [-0.39, 0.29) is 11.8 Å². The van der Waals surface area contributed by atoms with Gasteiger partial charge in [-0.1, -0.05) is 279 Å². The number of furan rings is 3. The number of hydrogen-bond donors (Lipinski definition) is 0. The van der Waals surface area contributed by atoms with Crippen LogP contribution in [0, 0.1) is 0 Å². The molecular weight excluding hydrogens is 1440 g/mol. The molecule has 0 saturated carbocycles. The van der Waals surface area contributed by atoms with Gasteiger partial charge in [0.1, 0.15) is 45.0 Å². The fraction of sp³-hybridized carbons (Fsp3) is 0.0196. The molecule has 532 valence electrons. The maximum atomic E-state index is 7.01. The van der Waals surface area contributed by atoms with Crippen molar-refractivity contribution in [2.45, 2.75) is 11.8 Å². The van der Waals surface area contributed by atoms with Crippen LogP contribution < -0.4 is 4.74 Å². The number of nitrogens with zero attached hydrogens (tertiary/aromatic N) is 6. The second-order valence-electron chi connectivity index (χ2n) is 29.3. The quantitative estimate of drug-likeness (QED) is 0.124. The first-order valence-corrected chi connectivity index (χ1v) is 39.8. The Morgan fingerprint density at radius 1 is 0.263 bits per heavy atom. The summed E-state index contributed by atoms with van der Waals surface area (Å²) in [6.07, 6.45) is 4.62. The Hall–Kier alpha value is -14.6. The van der Waals surface area contributed by atoms with Crippen LogP contribution in [0.1, 0.15) is 28.5 Å². The van der Waals surface area contributed by atoms with Crippen molar-refractivity contribution < 1.29 is 18.0 Å². The summed E-state index contributed by atoms with van der Waals surface area (Å²) < 4.78 is 31.5. The van der Waals surface area contributed by atoms with Gasteiger partial charge >= 0.3 is 0 Å². The standard InChI is InChI=1S/C102H58N6O4S2/c1-4-21-58(22-5-1)97-103-98(59-23-6-2-7-24-59)107-102(106-97)81-54-49-64(90-79-35-19-34-76(94(79)114-96(81)90)72-53-51-65(92-89(72)78-30-13-17-40-85(78)111-92)62-45-47-69-67-27-10-14-37-82(67)109-86(69)55-62)57-41-43-61(44-42-57)100-104-99(60-25-8-3-9-26-60)105-101(108-100)80-36-20-33-75-70-48-46-63(56-87(70)113-95(75)80)66-50-52-71(88-77-29-12-16-39-84(77)112-93(66)88)74-32-18-31-73-68-28-11-15-38-83(68)110-91(73)74/h1-56,71,88H. The Labute approximate surface area is 659 Å². The molecule has 2 aliphatic rings. The van der Waals surface area contributed by atoms with Gasteiger partial charge in [-0.05, 0) is 88.5 Å². The van der Waals surface area contributed by atoms with Crippen molar-refractivity contribution >= 4 is 134 Å². The van der Waals surface area contributed by atoms with Gasteiger partial charge in [-0.15, -0.1) is 22.7 Å². The second-order valence-corrected chi connectivity index (χ2v) is 31.4. The molecule has 0 N–H and O–H groups in total. The lowest BCUT2D eigenvalue weighted by molar-refractivity contribution is 0.420. The fourth-order valence-electron chi connectivity index (χ4n) is 17.6. The number of benzene rings is 15. The molecule has 12 heteroatoms. The molecule has 0 fully saturated rings. The normalized spacial score (nSPS) is 14.1. The van der Waals surface area contributed by atoms with Crippen LogP contribution in [0.2, 0.25) is 0 Å². The van der Waals surface area contributed by atoms with Crippen LogP contribution in [0.5, 0.6) is 5.75 Å². The first-order valence-electron chi connectivity index (χ1n) is 38.2. The number of fused-ring (bicyclic) bond motifs is 18. The zero-order valence-electron chi connectivity index (χ0n) is 60.6.